The van der Waals surface area contributed by atoms with Gasteiger partial charge < -0.3 is 80.8 Å². The van der Waals surface area contributed by atoms with E-state index in [4.69, 9.17) is 87.4 Å². The molecule has 22 nitrogen and oxygen atoms in total. The number of aryl methyl sites for hydroxylation is 1. The van der Waals surface area contributed by atoms with Crippen LogP contribution in [0.5, 0.6) is 0 Å². The number of thiocyanates is 1. The van der Waals surface area contributed by atoms with E-state index in [-0.39, 0.29) is 112 Å². The number of hydrogen-bond acceptors (Lipinski definition) is 20. The molecular weight excluding hydrogens is 1620 g/mol. The van der Waals surface area contributed by atoms with Crippen LogP contribution in [0.3, 0.4) is 0 Å². The Morgan fingerprint density at radius 1 is 0.504 bits per heavy atom. The van der Waals surface area contributed by atoms with Crippen LogP contribution in [-0.2, 0) is 85.4 Å². The number of Topliss-reactive ketones (excluding diaryl/α,β-unsaturated/α-hetero) is 2. The highest BCUT2D eigenvalue weighted by atomic mass is 32.2. The van der Waals surface area contributed by atoms with Crippen molar-refractivity contribution in [3.8, 4) is 5.40 Å². The molecule has 14 fully saturated rings. The molecule has 3 unspecified atom stereocenters. The van der Waals surface area contributed by atoms with Crippen LogP contribution in [0, 0.1) is 95.7 Å². The highest BCUT2D eigenvalue weighted by molar-refractivity contribution is 7.95. The number of nitrogens with zero attached hydrogens (tertiary/aromatic N) is 3. The van der Waals surface area contributed by atoms with Crippen molar-refractivity contribution >= 4 is 29.7 Å². The van der Waals surface area contributed by atoms with Crippen molar-refractivity contribution in [3.05, 3.63) is 64.4 Å². The number of carbonyl (C=O) groups excluding carboxylic acids is 2. The van der Waals surface area contributed by atoms with Crippen molar-refractivity contribution in [2.45, 2.75) is 412 Å². The minimum Gasteiger partial charge on any atom is -0.417 e. The quantitative estimate of drug-likeness (QED) is 0.0913. The standard InChI is InChI=1S/C20H40O4Si.3C14H24O3.C13H19NO2.C13H17NO2.C8H7NO2S.C2H6.3CH4.H2/c1-17(2,3)25(7,8)24-13-9-10-19(6)11-12-20(22-14-15-23-20)18(4,5)16(19)21;3*1-12(2)11-13(3,5-4-8-15-11)6-7-14(12)16-9-10-17-14;2*1-12(2)10(15)9(14-4)8-13(3)6-5-7-16-11(12)13;1-7-2-4-8(5-3-7)12(10,11)6-9;1-2;;;;/h16,21H,9-15H2,1-8H3;3*11H,4-10H2,1-3H3;9,11H,5-8H2,1-3H3;8,11H,5-7H2,1-3H3;2-5H,1H3;1-2H3;3*1H4;1H/t;2*11-,13+;11-,13-;9?,11-,13+;11-,13+;;;;;;/m.11011....../s1/i;;;;;;;;;;;1+1D. The highest BCUT2D eigenvalue weighted by Gasteiger charge is 2.68. The molecule has 4 spiro atoms. The van der Waals surface area contributed by atoms with Gasteiger partial charge in [0, 0.05) is 113 Å². The number of hydrogen-bond donors (Lipinski definition) is 1. The van der Waals surface area contributed by atoms with Gasteiger partial charge in [0.15, 0.2) is 42.7 Å². The van der Waals surface area contributed by atoms with E-state index in [0.717, 1.165) is 175 Å². The van der Waals surface area contributed by atoms with E-state index < -0.39 is 69.7 Å². The van der Waals surface area contributed by atoms with E-state index in [0.29, 0.717) is 35.9 Å². The third-order valence-electron chi connectivity index (χ3n) is 32.4. The predicted octanol–water partition coefficient (Wildman–Crippen LogP) is 22.4. The van der Waals surface area contributed by atoms with E-state index in [2.05, 4.69) is 140 Å². The maximum Gasteiger partial charge on any atom is 0.282 e. The fraction of sp³-hybridized carbons (Fsp3) is 0.871. The maximum absolute atomic E-state index is 12.2. The van der Waals surface area contributed by atoms with Gasteiger partial charge in [-0.1, -0.05) is 205 Å². The molecule has 0 amide bonds. The van der Waals surface area contributed by atoms with Gasteiger partial charge in [0.25, 0.3) is 15.9 Å². The van der Waals surface area contributed by atoms with Gasteiger partial charge in [-0.05, 0) is 162 Å². The van der Waals surface area contributed by atoms with Crippen LogP contribution in [0.2, 0.25) is 18.1 Å². The first kappa shape index (κ1) is 108. The number of aliphatic hydroxyl groups excluding tert-OH is 1. The second-order valence-corrected chi connectivity index (χ2v) is 50.9. The smallest absolute Gasteiger partial charge is 0.282 e. The van der Waals surface area contributed by atoms with Crippen molar-refractivity contribution in [3.63, 3.8) is 0 Å². The molecule has 9 aliphatic heterocycles. The van der Waals surface area contributed by atoms with Crippen LogP contribution >= 0.6 is 0 Å². The summed E-state index contributed by atoms with van der Waals surface area (Å²) in [5.74, 6) is -1.81. The maximum atomic E-state index is 12.2. The summed E-state index contributed by atoms with van der Waals surface area (Å²) in [6.45, 7) is 81.0. The Kier molecular flexibility index (Phi) is 35.9. The Morgan fingerprint density at radius 2 is 0.848 bits per heavy atom. The molecule has 1 N–H and O–H groups in total. The SMILES string of the molecule is C.C.C.CC.CC1(C)[C@@H]2OCCC[C@@]2(C)CCC12OCCO2.CC1(C)[C@H]2OCCC[C@@]2(C)CCC12OCCO2.CC1(C)[C@H]2OCCC[C@@]2(C)CCC12OCCO2.CC1(CCCO[Si](C)(C)C(C)(C)C)CCC2(OCCO2)C(C)(C)C1O.Cc1ccc(S(=O)(=O)C#N)cc1.[2H][2H].[C-]#[N+]C1=C[C@]2(C)CCCO[C@@H]2C(C)(C)C1=O.[C-]#[N+]C1C[C@]2(C)CCCO[C@@H]2C(C)(C)C1=O. The van der Waals surface area contributed by atoms with Crippen molar-refractivity contribution in [2.75, 3.05) is 92.5 Å². The predicted molar refractivity (Wildman–Crippen MR) is 497 cm³/mol. The molecule has 1 aromatic carbocycles. The third-order valence-corrected chi connectivity index (χ3v) is 38.1. The lowest BCUT2D eigenvalue weighted by atomic mass is 9.56. The van der Waals surface area contributed by atoms with E-state index in [9.17, 15) is 23.1 Å². The summed E-state index contributed by atoms with van der Waals surface area (Å²) in [4.78, 5) is 31.2. The normalized spacial score (nSPS) is 35.6. The molecule has 0 radical (unpaired) electrons. The van der Waals surface area contributed by atoms with Gasteiger partial charge in [-0.25, -0.2) is 19.8 Å². The zero-order valence-corrected chi connectivity index (χ0v) is 82.0. The molecule has 6 aliphatic carbocycles. The average molecular weight is 1800 g/mol. The number of nitriles is 1. The Morgan fingerprint density at radius 3 is 1.21 bits per heavy atom. The van der Waals surface area contributed by atoms with E-state index in [1.165, 1.54) is 56.1 Å². The molecule has 9 saturated heterocycles. The largest absolute Gasteiger partial charge is 0.417 e. The molecule has 13 atom stereocenters. The fourth-order valence-electron chi connectivity index (χ4n) is 24.4. The number of allylic oxidation sites excluding steroid dienone is 1. The number of ether oxygens (including phenoxy) is 13. The summed E-state index contributed by atoms with van der Waals surface area (Å²) in [6, 6.07) is 5.70. The third kappa shape index (κ3) is 21.6. The highest BCUT2D eigenvalue weighted by Crippen LogP contribution is 2.64. The van der Waals surface area contributed by atoms with Gasteiger partial charge in [0.05, 0.1) is 106 Å². The van der Waals surface area contributed by atoms with Gasteiger partial charge in [0.1, 0.15) is 0 Å². The van der Waals surface area contributed by atoms with Crippen LogP contribution in [0.4, 0.5) is 0 Å². The van der Waals surface area contributed by atoms with Crippen molar-refractivity contribution in [1.82, 2.24) is 0 Å². The van der Waals surface area contributed by atoms with Crippen LogP contribution in [0.25, 0.3) is 9.69 Å². The summed E-state index contributed by atoms with van der Waals surface area (Å²) in [5.41, 5.74) is 0.239. The van der Waals surface area contributed by atoms with Crippen LogP contribution < -0.4 is 0 Å². The van der Waals surface area contributed by atoms with Crippen molar-refractivity contribution < 1.29 is 92.1 Å². The lowest BCUT2D eigenvalue weighted by Gasteiger charge is -2.59. The van der Waals surface area contributed by atoms with Crippen LogP contribution in [0.15, 0.2) is 40.9 Å². The molecule has 125 heavy (non-hydrogen) atoms. The Bertz CT molecular complexity index is 3840. The zero-order valence-electron chi connectivity index (χ0n) is 82.2. The molecular formula is C101H175N3O19SSi. The van der Waals surface area contributed by atoms with Gasteiger partial charge >= 0.3 is 0 Å². The Hall–Kier alpha value is -3.66. The number of ketones is 2. The number of benzene rings is 1. The lowest BCUT2D eigenvalue weighted by Crippen LogP contribution is -2.63. The minimum atomic E-state index is -3.71. The monoisotopic (exact) mass is 1800 g/mol. The summed E-state index contributed by atoms with van der Waals surface area (Å²) in [7, 11) is -5.40. The summed E-state index contributed by atoms with van der Waals surface area (Å²) in [6.07, 6.45) is 24.5. The molecule has 24 heteroatoms. The molecule has 5 saturated carbocycles. The van der Waals surface area contributed by atoms with E-state index in [1.54, 1.807) is 12.1 Å². The summed E-state index contributed by atoms with van der Waals surface area (Å²) in [5, 5.41) is 20.9. The summed E-state index contributed by atoms with van der Waals surface area (Å²) >= 11 is 0. The van der Waals surface area contributed by atoms with Crippen LogP contribution in [-0.4, -0.2) is 192 Å². The molecule has 0 aromatic heterocycles. The number of rotatable bonds is 6. The zero-order chi connectivity index (χ0) is 92.7. The number of sulfone groups is 1. The number of carbonyl (C=O) groups is 2. The first-order chi connectivity index (χ1) is 57.7. The number of fused-ring (bicyclic) bond motifs is 5. The minimum absolute atomic E-state index is 0. The fourth-order valence-corrected chi connectivity index (χ4v) is 26.1. The second-order valence-electron chi connectivity index (χ2n) is 44.4. The summed E-state index contributed by atoms with van der Waals surface area (Å²) < 4.78 is 116. The Labute approximate surface area is 762 Å². The molecule has 15 aliphatic rings. The lowest BCUT2D eigenvalue weighted by molar-refractivity contribution is -0.312. The number of aliphatic hydroxyl groups is 1. The van der Waals surface area contributed by atoms with E-state index in [1.807, 2.05) is 54.5 Å². The van der Waals surface area contributed by atoms with Crippen molar-refractivity contribution in [2.24, 2.45) is 65.0 Å². The van der Waals surface area contributed by atoms with Gasteiger partial charge in [0.2, 0.25) is 11.5 Å². The van der Waals surface area contributed by atoms with Gasteiger partial charge in [-0.2, -0.15) is 5.26 Å². The Balaban J connectivity index is 0.000000262. The van der Waals surface area contributed by atoms with E-state index >= 15 is 0 Å². The topological polar surface area (TPSA) is 250 Å². The molecule has 718 valence electrons. The molecule has 9 heterocycles. The molecule has 0 bridgehead atoms. The first-order valence-electron chi connectivity index (χ1n) is 47.5. The van der Waals surface area contributed by atoms with Crippen molar-refractivity contribution in [1.29, 1.82) is 5.26 Å². The van der Waals surface area contributed by atoms with Gasteiger partial charge in [-0.3, -0.25) is 4.79 Å². The van der Waals surface area contributed by atoms with Crippen LogP contribution in [0.1, 0.15) is 325 Å². The molecule has 16 rings (SSSR count). The molecule has 1 aromatic rings. The first-order valence-corrected chi connectivity index (χ1v) is 50.9. The van der Waals surface area contributed by atoms with Gasteiger partial charge in [-0.15, -0.1) is 0 Å². The average Bonchev–Trinajstić information content (AvgIpc) is 1.69. The second kappa shape index (κ2) is 41.4.